The van der Waals surface area contributed by atoms with Crippen molar-refractivity contribution in [3.63, 3.8) is 0 Å². The minimum absolute atomic E-state index is 0.207. The topological polar surface area (TPSA) is 193 Å². The molecule has 0 unspecified atom stereocenters. The van der Waals surface area contributed by atoms with Gasteiger partial charge in [0.15, 0.2) is 0 Å². The summed E-state index contributed by atoms with van der Waals surface area (Å²) in [6.45, 7) is 3.20. The van der Waals surface area contributed by atoms with E-state index >= 15 is 0 Å². The van der Waals surface area contributed by atoms with Crippen molar-refractivity contribution in [3.05, 3.63) is 101 Å². The molecule has 62 heavy (non-hydrogen) atoms. The van der Waals surface area contributed by atoms with Gasteiger partial charge in [-0.1, -0.05) is 42.5 Å². The number of nitrogens with one attached hydrogen (secondary N) is 4. The van der Waals surface area contributed by atoms with Crippen LogP contribution in [0.5, 0.6) is 5.75 Å². The summed E-state index contributed by atoms with van der Waals surface area (Å²) in [5, 5.41) is 5.38. The van der Waals surface area contributed by atoms with Crippen LogP contribution in [0.3, 0.4) is 0 Å². The number of likely N-dealkylation sites (tertiary alicyclic amines) is 2. The van der Waals surface area contributed by atoms with E-state index < -0.39 is 30.4 Å². The van der Waals surface area contributed by atoms with Crippen molar-refractivity contribution in [2.24, 2.45) is 0 Å². The zero-order valence-electron chi connectivity index (χ0n) is 35.2. The number of aromatic nitrogens is 4. The highest BCUT2D eigenvalue weighted by Crippen LogP contribution is 2.46. The van der Waals surface area contributed by atoms with Crippen LogP contribution in [0, 0.1) is 0 Å². The molecule has 2 aromatic heterocycles. The number of hydrogen-bond acceptors (Lipinski definition) is 10. The van der Waals surface area contributed by atoms with Gasteiger partial charge < -0.3 is 49.3 Å². The van der Waals surface area contributed by atoms with Gasteiger partial charge in [-0.3, -0.25) is 9.59 Å². The lowest BCUT2D eigenvalue weighted by molar-refractivity contribution is -0.137. The van der Waals surface area contributed by atoms with E-state index in [0.717, 1.165) is 95.0 Å². The van der Waals surface area contributed by atoms with Crippen molar-refractivity contribution in [1.82, 2.24) is 40.4 Å². The number of nitrogens with zero attached hydrogens (tertiary/aromatic N) is 4. The second-order valence-electron chi connectivity index (χ2n) is 16.2. The molecule has 5 aromatic rings. The van der Waals surface area contributed by atoms with Crippen LogP contribution in [0.2, 0.25) is 0 Å². The smallest absolute Gasteiger partial charge is 0.407 e. The van der Waals surface area contributed by atoms with E-state index in [4.69, 9.17) is 28.9 Å². The predicted octanol–water partition coefficient (Wildman–Crippen LogP) is 6.31. The molecule has 0 radical (unpaired) electrons. The summed E-state index contributed by atoms with van der Waals surface area (Å²) >= 11 is 0. The molecule has 0 saturated carbocycles. The number of amides is 4. The van der Waals surface area contributed by atoms with E-state index in [1.54, 1.807) is 18.0 Å². The summed E-state index contributed by atoms with van der Waals surface area (Å²) in [5.41, 5.74) is 9.79. The maximum absolute atomic E-state index is 14.1. The zero-order valence-corrected chi connectivity index (χ0v) is 35.2. The molecule has 4 N–H and O–H groups in total. The van der Waals surface area contributed by atoms with Gasteiger partial charge >= 0.3 is 12.2 Å². The molecular formula is C46H50N8O8. The van der Waals surface area contributed by atoms with E-state index in [1.807, 2.05) is 35.2 Å². The molecule has 322 valence electrons. The number of benzene rings is 3. The number of rotatable bonds is 10. The summed E-state index contributed by atoms with van der Waals surface area (Å²) in [7, 11) is 4.05. The van der Waals surface area contributed by atoms with Crippen LogP contribution in [-0.2, 0) is 43.2 Å². The Hall–Kier alpha value is -6.68. The van der Waals surface area contributed by atoms with Gasteiger partial charge in [-0.2, -0.15) is 0 Å². The van der Waals surface area contributed by atoms with Crippen LogP contribution < -0.4 is 15.4 Å². The van der Waals surface area contributed by atoms with Gasteiger partial charge in [-0.15, -0.1) is 0 Å². The number of aryl methyl sites for hydroxylation is 2. The third-order valence-corrected chi connectivity index (χ3v) is 12.7. The predicted molar refractivity (Wildman–Crippen MR) is 227 cm³/mol. The molecule has 5 atom stereocenters. The first-order valence-electron chi connectivity index (χ1n) is 21.1. The van der Waals surface area contributed by atoms with Gasteiger partial charge in [0.2, 0.25) is 5.91 Å². The van der Waals surface area contributed by atoms with Gasteiger partial charge in [0.1, 0.15) is 36.1 Å². The number of methoxy groups -OCH3 is 3. The molecule has 16 heteroatoms. The largest absolute Gasteiger partial charge is 0.488 e. The number of imidazole rings is 2. The Morgan fingerprint density at radius 3 is 2.26 bits per heavy atom. The lowest BCUT2D eigenvalue weighted by Gasteiger charge is -2.30. The van der Waals surface area contributed by atoms with Crippen molar-refractivity contribution in [1.29, 1.82) is 0 Å². The normalized spacial score (nSPS) is 18.9. The molecule has 1 aliphatic carbocycles. The molecule has 2 fully saturated rings. The quantitative estimate of drug-likeness (QED) is 0.124. The van der Waals surface area contributed by atoms with Gasteiger partial charge in [0.25, 0.3) is 5.91 Å². The van der Waals surface area contributed by atoms with Crippen LogP contribution in [0.1, 0.15) is 84.8 Å². The van der Waals surface area contributed by atoms with E-state index in [2.05, 4.69) is 50.9 Å². The first-order chi connectivity index (χ1) is 30.1. The highest BCUT2D eigenvalue weighted by molar-refractivity contribution is 5.88. The molecule has 5 heterocycles. The second kappa shape index (κ2) is 17.0. The van der Waals surface area contributed by atoms with Crippen molar-refractivity contribution in [2.45, 2.75) is 82.3 Å². The Bertz CT molecular complexity index is 2520. The average molecular weight is 843 g/mol. The Morgan fingerprint density at radius 2 is 1.52 bits per heavy atom. The maximum Gasteiger partial charge on any atom is 0.407 e. The van der Waals surface area contributed by atoms with Crippen LogP contribution in [0.25, 0.3) is 33.6 Å². The monoisotopic (exact) mass is 842 g/mol. The SMILES string of the molecule is COC(=O)N[C@H](C(=O)N1CCC[C@H]1c1ncc(-c2ccc3c(c2)COc2cc4c(cc2-3)CCc2nc([C@@H]3CCCN3C(=O)[C@H](NC(=O)OC)c3ccccc3)[nH]c2-4)[nH]1)[C@@H](C)OC. The fourth-order valence-electron chi connectivity index (χ4n) is 9.38. The fourth-order valence-corrected chi connectivity index (χ4v) is 9.38. The Balaban J connectivity index is 0.935. The summed E-state index contributed by atoms with van der Waals surface area (Å²) < 4.78 is 21.5. The third kappa shape index (κ3) is 7.52. The molecule has 4 aliphatic rings. The van der Waals surface area contributed by atoms with E-state index in [9.17, 15) is 19.2 Å². The number of carbonyl (C=O) groups is 4. The number of H-pyrrole nitrogens is 2. The maximum atomic E-state index is 14.1. The minimum Gasteiger partial charge on any atom is -0.488 e. The van der Waals surface area contributed by atoms with Crippen LogP contribution in [-0.4, -0.2) is 100 Å². The lowest BCUT2D eigenvalue weighted by Crippen LogP contribution is -2.54. The molecular weight excluding hydrogens is 793 g/mol. The van der Waals surface area contributed by atoms with Crippen molar-refractivity contribution in [2.75, 3.05) is 34.4 Å². The van der Waals surface area contributed by atoms with Gasteiger partial charge in [0, 0.05) is 31.3 Å². The number of carbonyl (C=O) groups excluding carboxylic acids is 4. The number of alkyl carbamates (subject to hydrolysis) is 2. The van der Waals surface area contributed by atoms with E-state index in [-0.39, 0.29) is 23.9 Å². The third-order valence-electron chi connectivity index (χ3n) is 12.7. The van der Waals surface area contributed by atoms with E-state index in [0.29, 0.717) is 31.1 Å². The number of aromatic amines is 2. The standard InChI is InChI=1S/C46H50N8O8/c1-25(59-2)38(51-45(57)60-3)43(55)53-18-8-12-35(53)41-47-23-34(49-41)28-14-16-30-29(20-28)24-62-37-22-31-27(21-32(30)37)15-17-33-40(31)50-42(48-33)36-13-9-19-54(36)44(56)39(52-46(58)61-4)26-10-6-5-7-11-26/h5-7,10-11,14,16,20-23,25,35-36,38-39H,8-9,12-13,15,17-19,24H2,1-4H3,(H,47,49)(H,48,50)(H,51,57)(H,52,58)/t25-,35+,36+,38+,39-/m1/s1. The molecule has 3 aromatic carbocycles. The fraction of sp³-hybridized carbons (Fsp3) is 0.391. The number of fused-ring (bicyclic) bond motifs is 6. The minimum atomic E-state index is -0.909. The highest BCUT2D eigenvalue weighted by Gasteiger charge is 2.40. The average Bonchev–Trinajstić information content (AvgIpc) is 4.15. The van der Waals surface area contributed by atoms with Crippen molar-refractivity contribution >= 4 is 24.0 Å². The van der Waals surface area contributed by atoms with Crippen LogP contribution in [0.4, 0.5) is 9.59 Å². The highest BCUT2D eigenvalue weighted by atomic mass is 16.5. The van der Waals surface area contributed by atoms with Crippen molar-refractivity contribution < 1.29 is 38.1 Å². The molecule has 2 saturated heterocycles. The van der Waals surface area contributed by atoms with Crippen molar-refractivity contribution in [3.8, 4) is 39.4 Å². The van der Waals surface area contributed by atoms with E-state index in [1.165, 1.54) is 26.9 Å². The summed E-state index contributed by atoms with van der Waals surface area (Å²) in [5.74, 6) is 1.75. The molecule has 0 bridgehead atoms. The summed E-state index contributed by atoms with van der Waals surface area (Å²) in [4.78, 5) is 72.8. The summed E-state index contributed by atoms with van der Waals surface area (Å²) in [6.07, 6.45) is 4.52. The van der Waals surface area contributed by atoms with Crippen LogP contribution in [0.15, 0.2) is 66.9 Å². The second-order valence-corrected chi connectivity index (χ2v) is 16.2. The zero-order chi connectivity index (χ0) is 43.1. The molecule has 16 nitrogen and oxygen atoms in total. The molecule has 9 rings (SSSR count). The van der Waals surface area contributed by atoms with Crippen LogP contribution >= 0.6 is 0 Å². The van der Waals surface area contributed by atoms with Gasteiger partial charge in [-0.05, 0) is 91.5 Å². The van der Waals surface area contributed by atoms with Gasteiger partial charge in [-0.25, -0.2) is 19.6 Å². The first kappa shape index (κ1) is 40.7. The lowest BCUT2D eigenvalue weighted by atomic mass is 9.86. The van der Waals surface area contributed by atoms with Gasteiger partial charge in [0.05, 0.1) is 55.7 Å². The Kier molecular flexibility index (Phi) is 11.2. The molecule has 4 amide bonds. The first-order valence-corrected chi connectivity index (χ1v) is 21.1. The number of hydrogen-bond donors (Lipinski definition) is 4. The number of ether oxygens (including phenoxy) is 4. The Labute approximate surface area is 358 Å². The Morgan fingerprint density at radius 1 is 0.790 bits per heavy atom. The summed E-state index contributed by atoms with van der Waals surface area (Å²) in [6, 6.07) is 17.5. The molecule has 0 spiro atoms. The molecule has 3 aliphatic heterocycles.